The molecule has 0 amide bonds. The van der Waals surface area contributed by atoms with E-state index in [1.165, 1.54) is 11.3 Å². The van der Waals surface area contributed by atoms with Crippen molar-refractivity contribution in [2.45, 2.75) is 19.9 Å². The Hall–Kier alpha value is -2.40. The van der Waals surface area contributed by atoms with Gasteiger partial charge in [-0.2, -0.15) is 10.2 Å². The minimum Gasteiger partial charge on any atom is -0.350 e. The molecular formula is C17H16ClN5. The summed E-state index contributed by atoms with van der Waals surface area (Å²) in [6, 6.07) is 11.8. The number of nitrogens with zero attached hydrogens (tertiary/aromatic N) is 4. The Bertz CT molecular complexity index is 840. The highest BCUT2D eigenvalue weighted by molar-refractivity contribution is 6.30. The molecule has 0 saturated heterocycles. The van der Waals surface area contributed by atoms with Crippen LogP contribution in [0.25, 0.3) is 11.3 Å². The lowest BCUT2D eigenvalue weighted by atomic mass is 10.0. The van der Waals surface area contributed by atoms with Crippen molar-refractivity contribution < 1.29 is 0 Å². The molecule has 0 atom stereocenters. The zero-order valence-corrected chi connectivity index (χ0v) is 13.5. The first-order chi connectivity index (χ1) is 11.2. The summed E-state index contributed by atoms with van der Waals surface area (Å²) in [6.07, 6.45) is 0.915. The fraction of sp³-hybridized carbons (Fsp3) is 0.235. The SMILES string of the molecule is Cc1ccc(N2CCc3[nH]nc(-c4cccc(Cl)c4)c3C2)nn1. The summed E-state index contributed by atoms with van der Waals surface area (Å²) in [4.78, 5) is 2.23. The number of aromatic nitrogens is 4. The molecule has 0 aliphatic carbocycles. The van der Waals surface area contributed by atoms with Crippen LogP contribution in [0.15, 0.2) is 36.4 Å². The summed E-state index contributed by atoms with van der Waals surface area (Å²) in [5, 5.41) is 16.9. The van der Waals surface area contributed by atoms with Gasteiger partial charge in [-0.3, -0.25) is 5.10 Å². The normalized spacial score (nSPS) is 13.9. The van der Waals surface area contributed by atoms with Crippen molar-refractivity contribution in [3.05, 3.63) is 58.4 Å². The number of nitrogens with one attached hydrogen (secondary N) is 1. The van der Waals surface area contributed by atoms with Crippen molar-refractivity contribution in [1.82, 2.24) is 20.4 Å². The summed E-state index contributed by atoms with van der Waals surface area (Å²) in [5.74, 6) is 0.902. The van der Waals surface area contributed by atoms with Crippen LogP contribution in [0.1, 0.15) is 17.0 Å². The molecule has 2 aromatic heterocycles. The molecule has 1 aromatic carbocycles. The third-order valence-corrected chi connectivity index (χ3v) is 4.37. The zero-order valence-electron chi connectivity index (χ0n) is 12.8. The van der Waals surface area contributed by atoms with Crippen LogP contribution in [-0.4, -0.2) is 26.9 Å². The van der Waals surface area contributed by atoms with E-state index in [9.17, 15) is 0 Å². The van der Waals surface area contributed by atoms with Crippen LogP contribution in [0.2, 0.25) is 5.02 Å². The first-order valence-corrected chi connectivity index (χ1v) is 7.96. The van der Waals surface area contributed by atoms with Gasteiger partial charge in [0.1, 0.15) is 0 Å². The zero-order chi connectivity index (χ0) is 15.8. The molecule has 0 fully saturated rings. The molecule has 5 nitrogen and oxygen atoms in total. The number of fused-ring (bicyclic) bond motifs is 1. The second-order valence-electron chi connectivity index (χ2n) is 5.74. The van der Waals surface area contributed by atoms with Gasteiger partial charge in [-0.1, -0.05) is 23.7 Å². The van der Waals surface area contributed by atoms with Crippen molar-refractivity contribution in [2.24, 2.45) is 0 Å². The Kier molecular flexibility index (Phi) is 3.50. The molecular weight excluding hydrogens is 310 g/mol. The largest absolute Gasteiger partial charge is 0.350 e. The predicted molar refractivity (Wildman–Crippen MR) is 90.6 cm³/mol. The first-order valence-electron chi connectivity index (χ1n) is 7.58. The molecule has 1 aliphatic rings. The van der Waals surface area contributed by atoms with Crippen LogP contribution in [0, 0.1) is 6.92 Å². The van der Waals surface area contributed by atoms with Gasteiger partial charge in [-0.25, -0.2) is 0 Å². The molecule has 1 N–H and O–H groups in total. The van der Waals surface area contributed by atoms with Crippen molar-refractivity contribution in [1.29, 1.82) is 0 Å². The standard InChI is InChI=1S/C17H16ClN5/c1-11-5-6-16(21-19-11)23-8-7-15-14(10-23)17(22-20-15)12-3-2-4-13(18)9-12/h2-6,9H,7-8,10H2,1H3,(H,20,22). The van der Waals surface area contributed by atoms with E-state index in [0.29, 0.717) is 0 Å². The topological polar surface area (TPSA) is 57.7 Å². The van der Waals surface area contributed by atoms with E-state index in [2.05, 4.69) is 25.3 Å². The first kappa shape index (κ1) is 14.2. The minimum atomic E-state index is 0.719. The number of rotatable bonds is 2. The quantitative estimate of drug-likeness (QED) is 0.784. The van der Waals surface area contributed by atoms with E-state index in [1.807, 2.05) is 43.3 Å². The average Bonchev–Trinajstić information content (AvgIpc) is 2.98. The van der Waals surface area contributed by atoms with E-state index in [4.69, 9.17) is 11.6 Å². The highest BCUT2D eigenvalue weighted by atomic mass is 35.5. The maximum Gasteiger partial charge on any atom is 0.151 e. The maximum absolute atomic E-state index is 6.12. The fourth-order valence-electron chi connectivity index (χ4n) is 2.93. The van der Waals surface area contributed by atoms with E-state index < -0.39 is 0 Å². The molecule has 4 rings (SSSR count). The van der Waals surface area contributed by atoms with Gasteiger partial charge in [0.2, 0.25) is 0 Å². The molecule has 116 valence electrons. The number of aromatic amines is 1. The number of aryl methyl sites for hydroxylation is 1. The van der Waals surface area contributed by atoms with Crippen LogP contribution in [0.5, 0.6) is 0 Å². The number of H-pyrrole nitrogens is 1. The fourth-order valence-corrected chi connectivity index (χ4v) is 3.12. The molecule has 0 unspecified atom stereocenters. The van der Waals surface area contributed by atoms with Gasteiger partial charge in [0.05, 0.1) is 11.4 Å². The minimum absolute atomic E-state index is 0.719. The molecule has 0 radical (unpaired) electrons. The van der Waals surface area contributed by atoms with Gasteiger partial charge in [-0.15, -0.1) is 5.10 Å². The molecule has 0 saturated carbocycles. The Morgan fingerprint density at radius 1 is 1.17 bits per heavy atom. The van der Waals surface area contributed by atoms with Gasteiger partial charge < -0.3 is 4.90 Å². The third kappa shape index (κ3) is 2.68. The van der Waals surface area contributed by atoms with Crippen LogP contribution in [0.3, 0.4) is 0 Å². The lowest BCUT2D eigenvalue weighted by Crippen LogP contribution is -2.31. The molecule has 0 bridgehead atoms. The van der Waals surface area contributed by atoms with Crippen LogP contribution < -0.4 is 4.90 Å². The number of halogens is 1. The molecule has 3 aromatic rings. The number of benzene rings is 1. The smallest absolute Gasteiger partial charge is 0.151 e. The van der Waals surface area contributed by atoms with E-state index in [-0.39, 0.29) is 0 Å². The summed E-state index contributed by atoms with van der Waals surface area (Å²) >= 11 is 6.12. The van der Waals surface area contributed by atoms with E-state index in [1.54, 1.807) is 0 Å². The summed E-state index contributed by atoms with van der Waals surface area (Å²) < 4.78 is 0. The third-order valence-electron chi connectivity index (χ3n) is 4.14. The molecule has 1 aliphatic heterocycles. The monoisotopic (exact) mass is 325 g/mol. The van der Waals surface area contributed by atoms with Gasteiger partial charge in [-0.05, 0) is 31.2 Å². The summed E-state index contributed by atoms with van der Waals surface area (Å²) in [5.41, 5.74) is 5.32. The predicted octanol–water partition coefficient (Wildman–Crippen LogP) is 3.39. The van der Waals surface area contributed by atoms with Crippen LogP contribution >= 0.6 is 11.6 Å². The van der Waals surface area contributed by atoms with Crippen molar-refractivity contribution in [2.75, 3.05) is 11.4 Å². The van der Waals surface area contributed by atoms with Gasteiger partial charge in [0.15, 0.2) is 5.82 Å². The highest BCUT2D eigenvalue weighted by Gasteiger charge is 2.23. The Labute approximate surface area is 139 Å². The van der Waals surface area contributed by atoms with Crippen molar-refractivity contribution in [3.63, 3.8) is 0 Å². The van der Waals surface area contributed by atoms with Crippen molar-refractivity contribution >= 4 is 17.4 Å². The van der Waals surface area contributed by atoms with Crippen LogP contribution in [-0.2, 0) is 13.0 Å². The highest BCUT2D eigenvalue weighted by Crippen LogP contribution is 2.31. The number of anilines is 1. The second-order valence-corrected chi connectivity index (χ2v) is 6.18. The van der Waals surface area contributed by atoms with Crippen molar-refractivity contribution in [3.8, 4) is 11.3 Å². The molecule has 23 heavy (non-hydrogen) atoms. The second kappa shape index (κ2) is 5.66. The van der Waals surface area contributed by atoms with Gasteiger partial charge >= 0.3 is 0 Å². The molecule has 0 spiro atoms. The Balaban J connectivity index is 1.69. The number of hydrogen-bond acceptors (Lipinski definition) is 4. The lowest BCUT2D eigenvalue weighted by Gasteiger charge is -2.27. The van der Waals surface area contributed by atoms with E-state index >= 15 is 0 Å². The summed E-state index contributed by atoms with van der Waals surface area (Å²) in [6.45, 7) is 3.62. The van der Waals surface area contributed by atoms with Crippen LogP contribution in [0.4, 0.5) is 5.82 Å². The molecule has 6 heteroatoms. The number of hydrogen-bond donors (Lipinski definition) is 1. The van der Waals surface area contributed by atoms with E-state index in [0.717, 1.165) is 47.3 Å². The van der Waals surface area contributed by atoms with Gasteiger partial charge in [0.25, 0.3) is 0 Å². The lowest BCUT2D eigenvalue weighted by molar-refractivity contribution is 0.702. The van der Waals surface area contributed by atoms with Gasteiger partial charge in [0, 0.05) is 41.4 Å². The average molecular weight is 326 g/mol. The Morgan fingerprint density at radius 2 is 2.09 bits per heavy atom. The molecule has 3 heterocycles. The Morgan fingerprint density at radius 3 is 2.87 bits per heavy atom. The maximum atomic E-state index is 6.12. The summed E-state index contributed by atoms with van der Waals surface area (Å²) in [7, 11) is 0.